The van der Waals surface area contributed by atoms with E-state index in [9.17, 15) is 4.79 Å². The predicted molar refractivity (Wildman–Crippen MR) is 91.3 cm³/mol. The summed E-state index contributed by atoms with van der Waals surface area (Å²) in [7, 11) is 0. The fourth-order valence-electron chi connectivity index (χ4n) is 3.37. The minimum atomic E-state index is -0.430. The number of carbonyl (C=O) groups is 1. The summed E-state index contributed by atoms with van der Waals surface area (Å²) >= 11 is 0. The number of nitrogens with zero attached hydrogens (tertiary/aromatic N) is 2. The average molecular weight is 321 g/mol. The third-order valence-electron chi connectivity index (χ3n) is 4.80. The summed E-state index contributed by atoms with van der Waals surface area (Å²) in [5, 5.41) is 0. The van der Waals surface area contributed by atoms with Crippen molar-refractivity contribution in [2.24, 2.45) is 5.73 Å². The topological polar surface area (TPSA) is 69.6 Å². The first-order valence-electron chi connectivity index (χ1n) is 8.09. The van der Waals surface area contributed by atoms with Crippen LogP contribution in [0.15, 0.2) is 36.5 Å². The molecule has 0 saturated carbocycles. The Hall–Kier alpha value is -2.82. The number of aryl methyl sites for hydroxylation is 2. The molecule has 0 radical (unpaired) electrons. The number of benzene rings is 1. The second-order valence-electron chi connectivity index (χ2n) is 6.25. The van der Waals surface area contributed by atoms with Gasteiger partial charge >= 0.3 is 0 Å². The maximum absolute atomic E-state index is 11.9. The Morgan fingerprint density at radius 2 is 2.04 bits per heavy atom. The summed E-state index contributed by atoms with van der Waals surface area (Å²) in [5.41, 5.74) is 10.8. The van der Waals surface area contributed by atoms with Gasteiger partial charge in [0.1, 0.15) is 6.10 Å². The molecule has 1 amide bonds. The molecular formula is C19H19N3O2. The SMILES string of the molecule is Cc1nc2c3c(c(C(N)=O)cn2c1C)CC[C@H](c1ccccc1)O3. The van der Waals surface area contributed by atoms with Gasteiger partial charge in [-0.2, -0.15) is 0 Å². The Balaban J connectivity index is 1.91. The molecule has 24 heavy (non-hydrogen) atoms. The summed E-state index contributed by atoms with van der Waals surface area (Å²) in [6, 6.07) is 10.1. The summed E-state index contributed by atoms with van der Waals surface area (Å²) in [6.07, 6.45) is 3.31. The van der Waals surface area contributed by atoms with Gasteiger partial charge in [-0.25, -0.2) is 4.98 Å². The number of fused-ring (bicyclic) bond motifs is 3. The van der Waals surface area contributed by atoms with Crippen molar-refractivity contribution in [3.05, 3.63) is 64.6 Å². The van der Waals surface area contributed by atoms with E-state index in [1.165, 1.54) is 0 Å². The zero-order valence-electron chi connectivity index (χ0n) is 13.7. The predicted octanol–water partition coefficient (Wildman–Crippen LogP) is 3.12. The molecule has 3 heterocycles. The molecule has 1 aliphatic heterocycles. The molecule has 1 atom stereocenters. The van der Waals surface area contributed by atoms with Gasteiger partial charge in [-0.15, -0.1) is 0 Å². The monoisotopic (exact) mass is 321 g/mol. The second-order valence-corrected chi connectivity index (χ2v) is 6.25. The van der Waals surface area contributed by atoms with Crippen LogP contribution in [-0.2, 0) is 6.42 Å². The number of primary amides is 1. The van der Waals surface area contributed by atoms with Gasteiger partial charge in [0, 0.05) is 17.5 Å². The van der Waals surface area contributed by atoms with Crippen molar-refractivity contribution in [3.8, 4) is 5.75 Å². The van der Waals surface area contributed by atoms with E-state index in [-0.39, 0.29) is 6.10 Å². The molecule has 2 N–H and O–H groups in total. The zero-order chi connectivity index (χ0) is 16.8. The van der Waals surface area contributed by atoms with Crippen LogP contribution in [0.4, 0.5) is 0 Å². The highest BCUT2D eigenvalue weighted by atomic mass is 16.5. The lowest BCUT2D eigenvalue weighted by atomic mass is 9.95. The number of hydrogen-bond donors (Lipinski definition) is 1. The second kappa shape index (κ2) is 5.37. The highest BCUT2D eigenvalue weighted by Gasteiger charge is 2.28. The van der Waals surface area contributed by atoms with Gasteiger partial charge in [0.05, 0.1) is 11.3 Å². The van der Waals surface area contributed by atoms with E-state index >= 15 is 0 Å². The molecule has 3 aromatic rings. The molecule has 0 spiro atoms. The van der Waals surface area contributed by atoms with Crippen molar-refractivity contribution < 1.29 is 9.53 Å². The van der Waals surface area contributed by atoms with E-state index in [4.69, 9.17) is 10.5 Å². The van der Waals surface area contributed by atoms with Gasteiger partial charge in [0.15, 0.2) is 11.4 Å². The first-order chi connectivity index (χ1) is 11.6. The van der Waals surface area contributed by atoms with E-state index in [0.717, 1.165) is 41.0 Å². The van der Waals surface area contributed by atoms with Crippen molar-refractivity contribution in [1.29, 1.82) is 0 Å². The highest BCUT2D eigenvalue weighted by molar-refractivity contribution is 5.95. The molecule has 5 nitrogen and oxygen atoms in total. The third kappa shape index (κ3) is 2.16. The normalized spacial score (nSPS) is 16.7. The maximum atomic E-state index is 11.9. The van der Waals surface area contributed by atoms with Crippen LogP contribution in [-0.4, -0.2) is 15.3 Å². The quantitative estimate of drug-likeness (QED) is 0.788. The minimum absolute atomic E-state index is 0.0389. The summed E-state index contributed by atoms with van der Waals surface area (Å²) in [5.74, 6) is 0.253. The van der Waals surface area contributed by atoms with E-state index < -0.39 is 5.91 Å². The molecule has 1 aromatic carbocycles. The van der Waals surface area contributed by atoms with Crippen LogP contribution in [0.1, 0.15) is 45.4 Å². The summed E-state index contributed by atoms with van der Waals surface area (Å²) in [6.45, 7) is 3.93. The van der Waals surface area contributed by atoms with Crippen LogP contribution in [0.25, 0.3) is 5.65 Å². The number of pyridine rings is 1. The Labute approximate surface area is 140 Å². The van der Waals surface area contributed by atoms with E-state index in [0.29, 0.717) is 11.3 Å². The van der Waals surface area contributed by atoms with Crippen LogP contribution < -0.4 is 10.5 Å². The number of aromatic nitrogens is 2. The van der Waals surface area contributed by atoms with E-state index in [2.05, 4.69) is 17.1 Å². The average Bonchev–Trinajstić information content (AvgIpc) is 2.89. The standard InChI is InChI=1S/C19H19N3O2/c1-11-12(2)22-10-15(18(20)23)14-8-9-16(13-6-4-3-5-7-13)24-17(14)19(22)21-11/h3-7,10,16H,8-9H2,1-2H3,(H2,20,23)/t16-/m1/s1. The molecule has 122 valence electrons. The number of imidazole rings is 1. The van der Waals surface area contributed by atoms with Crippen LogP contribution in [0.3, 0.4) is 0 Å². The highest BCUT2D eigenvalue weighted by Crippen LogP contribution is 2.39. The van der Waals surface area contributed by atoms with Gasteiger partial charge in [-0.1, -0.05) is 30.3 Å². The number of amides is 1. The van der Waals surface area contributed by atoms with Crippen LogP contribution in [0.2, 0.25) is 0 Å². The van der Waals surface area contributed by atoms with Crippen molar-refractivity contribution in [3.63, 3.8) is 0 Å². The van der Waals surface area contributed by atoms with Gasteiger partial charge in [-0.3, -0.25) is 4.79 Å². The lowest BCUT2D eigenvalue weighted by molar-refractivity contribution is 0.0995. The number of rotatable bonds is 2. The van der Waals surface area contributed by atoms with Crippen molar-refractivity contribution in [2.75, 3.05) is 0 Å². The van der Waals surface area contributed by atoms with Gasteiger partial charge in [0.25, 0.3) is 5.91 Å². The van der Waals surface area contributed by atoms with E-state index in [1.807, 2.05) is 36.4 Å². The van der Waals surface area contributed by atoms with Crippen LogP contribution in [0, 0.1) is 13.8 Å². The number of nitrogens with two attached hydrogens (primary N) is 1. The molecule has 1 aliphatic rings. The van der Waals surface area contributed by atoms with E-state index in [1.54, 1.807) is 6.20 Å². The lowest BCUT2D eigenvalue weighted by Gasteiger charge is -2.28. The maximum Gasteiger partial charge on any atom is 0.250 e. The van der Waals surface area contributed by atoms with Crippen LogP contribution >= 0.6 is 0 Å². The number of hydrogen-bond acceptors (Lipinski definition) is 3. The lowest BCUT2D eigenvalue weighted by Crippen LogP contribution is -2.22. The van der Waals surface area contributed by atoms with Gasteiger partial charge < -0.3 is 14.9 Å². The number of carbonyl (C=O) groups excluding carboxylic acids is 1. The molecule has 0 unspecified atom stereocenters. The summed E-state index contributed by atoms with van der Waals surface area (Å²) in [4.78, 5) is 16.6. The van der Waals surface area contributed by atoms with Gasteiger partial charge in [0.2, 0.25) is 0 Å². The number of ether oxygens (including phenoxy) is 1. The van der Waals surface area contributed by atoms with Crippen molar-refractivity contribution in [2.45, 2.75) is 32.8 Å². The largest absolute Gasteiger partial charge is 0.481 e. The van der Waals surface area contributed by atoms with Gasteiger partial charge in [-0.05, 0) is 32.3 Å². The minimum Gasteiger partial charge on any atom is -0.481 e. The molecule has 0 bridgehead atoms. The van der Waals surface area contributed by atoms with Crippen molar-refractivity contribution >= 4 is 11.6 Å². The first kappa shape index (κ1) is 14.8. The molecular weight excluding hydrogens is 302 g/mol. The molecule has 5 heteroatoms. The fourth-order valence-corrected chi connectivity index (χ4v) is 3.37. The van der Waals surface area contributed by atoms with Crippen molar-refractivity contribution in [1.82, 2.24) is 9.38 Å². The molecule has 2 aromatic heterocycles. The Bertz CT molecular complexity index is 944. The Kier molecular flexibility index (Phi) is 3.30. The molecule has 0 fully saturated rings. The molecule has 0 aliphatic carbocycles. The smallest absolute Gasteiger partial charge is 0.250 e. The fraction of sp³-hybridized carbons (Fsp3) is 0.263. The van der Waals surface area contributed by atoms with Crippen LogP contribution in [0.5, 0.6) is 5.75 Å². The molecule has 0 saturated heterocycles. The third-order valence-corrected chi connectivity index (χ3v) is 4.80. The Morgan fingerprint density at radius 3 is 2.75 bits per heavy atom. The Morgan fingerprint density at radius 1 is 1.29 bits per heavy atom. The first-order valence-corrected chi connectivity index (χ1v) is 8.09. The zero-order valence-corrected chi connectivity index (χ0v) is 13.7. The molecule has 4 rings (SSSR count). The summed E-state index contributed by atoms with van der Waals surface area (Å²) < 4.78 is 8.20.